The molecule has 0 saturated heterocycles. The second-order valence-electron chi connectivity index (χ2n) is 7.04. The average Bonchev–Trinajstić information content (AvgIpc) is 3.09. The molecule has 1 amide bonds. The van der Waals surface area contributed by atoms with Crippen LogP contribution in [0.4, 0.5) is 0 Å². The SMILES string of the molecule is CCOC(=O)Cn1c(=NC(=O)c2cc(OC)c(OC)c(OC)c2)sc2c(C)cc(C)cc21. The molecule has 9 heteroatoms. The van der Waals surface area contributed by atoms with Gasteiger partial charge in [-0.1, -0.05) is 17.4 Å². The Labute approximate surface area is 190 Å². The molecule has 0 aliphatic heterocycles. The Balaban J connectivity index is 2.18. The zero-order valence-electron chi connectivity index (χ0n) is 19.0. The Bertz CT molecular complexity index is 1220. The van der Waals surface area contributed by atoms with Crippen molar-refractivity contribution in [1.82, 2.24) is 4.57 Å². The monoisotopic (exact) mass is 458 g/mol. The largest absolute Gasteiger partial charge is 0.493 e. The maximum atomic E-state index is 13.1. The molecule has 8 nitrogen and oxygen atoms in total. The Morgan fingerprint density at radius 3 is 2.22 bits per heavy atom. The summed E-state index contributed by atoms with van der Waals surface area (Å²) in [6.07, 6.45) is 0. The molecule has 170 valence electrons. The number of thiazole rings is 1. The summed E-state index contributed by atoms with van der Waals surface area (Å²) in [4.78, 5) is 30.1. The molecule has 1 heterocycles. The average molecular weight is 459 g/mol. The summed E-state index contributed by atoms with van der Waals surface area (Å²) in [5, 5.41) is 0. The van der Waals surface area contributed by atoms with Gasteiger partial charge in [0, 0.05) is 5.56 Å². The number of carbonyl (C=O) groups excluding carboxylic acids is 2. The van der Waals surface area contributed by atoms with Crippen LogP contribution in [-0.2, 0) is 16.1 Å². The van der Waals surface area contributed by atoms with Crippen LogP contribution in [0.25, 0.3) is 10.2 Å². The molecule has 0 saturated carbocycles. The molecule has 0 fully saturated rings. The van der Waals surface area contributed by atoms with Crippen LogP contribution in [0.1, 0.15) is 28.4 Å². The topological polar surface area (TPSA) is 88.4 Å². The van der Waals surface area contributed by atoms with E-state index in [1.54, 1.807) is 23.6 Å². The predicted molar refractivity (Wildman–Crippen MR) is 122 cm³/mol. The first kappa shape index (κ1) is 23.3. The first-order chi connectivity index (χ1) is 15.3. The summed E-state index contributed by atoms with van der Waals surface area (Å²) in [5.74, 6) is 0.202. The van der Waals surface area contributed by atoms with Gasteiger partial charge in [0.15, 0.2) is 16.3 Å². The van der Waals surface area contributed by atoms with Crippen molar-refractivity contribution in [3.8, 4) is 17.2 Å². The molecule has 2 aromatic carbocycles. The summed E-state index contributed by atoms with van der Waals surface area (Å²) >= 11 is 1.35. The molecule has 0 aliphatic rings. The van der Waals surface area contributed by atoms with E-state index < -0.39 is 11.9 Å². The van der Waals surface area contributed by atoms with Crippen LogP contribution in [0.2, 0.25) is 0 Å². The van der Waals surface area contributed by atoms with Crippen LogP contribution in [0, 0.1) is 13.8 Å². The molecule has 3 rings (SSSR count). The van der Waals surface area contributed by atoms with Crippen molar-refractivity contribution < 1.29 is 28.5 Å². The summed E-state index contributed by atoms with van der Waals surface area (Å²) in [5.41, 5.74) is 3.20. The molecule has 0 N–H and O–H groups in total. The van der Waals surface area contributed by atoms with Crippen LogP contribution in [0.15, 0.2) is 29.3 Å². The van der Waals surface area contributed by atoms with Gasteiger partial charge in [0.05, 0.1) is 38.2 Å². The van der Waals surface area contributed by atoms with E-state index in [-0.39, 0.29) is 18.7 Å². The molecular formula is C23H26N2O6S. The minimum Gasteiger partial charge on any atom is -0.493 e. The van der Waals surface area contributed by atoms with E-state index in [0.29, 0.717) is 22.0 Å². The van der Waals surface area contributed by atoms with Crippen LogP contribution in [0.5, 0.6) is 17.2 Å². The fourth-order valence-electron chi connectivity index (χ4n) is 3.44. The first-order valence-corrected chi connectivity index (χ1v) is 10.8. The summed E-state index contributed by atoms with van der Waals surface area (Å²) in [6.45, 7) is 5.96. The number of esters is 1. The molecule has 0 atom stereocenters. The van der Waals surface area contributed by atoms with E-state index in [0.717, 1.165) is 21.3 Å². The van der Waals surface area contributed by atoms with Crippen molar-refractivity contribution in [3.05, 3.63) is 45.8 Å². The van der Waals surface area contributed by atoms with Gasteiger partial charge in [0.25, 0.3) is 5.91 Å². The van der Waals surface area contributed by atoms with Gasteiger partial charge in [-0.3, -0.25) is 9.59 Å². The van der Waals surface area contributed by atoms with E-state index in [9.17, 15) is 9.59 Å². The molecule has 3 aromatic rings. The number of benzene rings is 2. The Hall–Kier alpha value is -3.33. The number of aromatic nitrogens is 1. The molecule has 1 aromatic heterocycles. The van der Waals surface area contributed by atoms with Gasteiger partial charge in [-0.05, 0) is 50.1 Å². The highest BCUT2D eigenvalue weighted by molar-refractivity contribution is 7.16. The van der Waals surface area contributed by atoms with Crippen molar-refractivity contribution in [2.24, 2.45) is 4.99 Å². The predicted octanol–water partition coefficient (Wildman–Crippen LogP) is 3.65. The van der Waals surface area contributed by atoms with Crippen molar-refractivity contribution in [3.63, 3.8) is 0 Å². The lowest BCUT2D eigenvalue weighted by Crippen LogP contribution is -2.23. The number of hydrogen-bond donors (Lipinski definition) is 0. The van der Waals surface area contributed by atoms with E-state index >= 15 is 0 Å². The number of carbonyl (C=O) groups is 2. The zero-order chi connectivity index (χ0) is 23.4. The fourth-order valence-corrected chi connectivity index (χ4v) is 4.52. The Morgan fingerprint density at radius 2 is 1.66 bits per heavy atom. The number of aryl methyl sites for hydroxylation is 2. The summed E-state index contributed by atoms with van der Waals surface area (Å²) < 4.78 is 23.8. The fraction of sp³-hybridized carbons (Fsp3) is 0.348. The van der Waals surface area contributed by atoms with Gasteiger partial charge in [0.1, 0.15) is 6.54 Å². The van der Waals surface area contributed by atoms with Crippen LogP contribution < -0.4 is 19.0 Å². The zero-order valence-corrected chi connectivity index (χ0v) is 19.8. The lowest BCUT2D eigenvalue weighted by atomic mass is 10.1. The van der Waals surface area contributed by atoms with Gasteiger partial charge >= 0.3 is 5.97 Å². The van der Waals surface area contributed by atoms with Crippen molar-refractivity contribution in [2.45, 2.75) is 27.3 Å². The first-order valence-electron chi connectivity index (χ1n) is 9.98. The number of nitrogens with zero attached hydrogens (tertiary/aromatic N) is 2. The third kappa shape index (κ3) is 4.62. The Morgan fingerprint density at radius 1 is 1.00 bits per heavy atom. The number of rotatable bonds is 7. The van der Waals surface area contributed by atoms with E-state index in [1.165, 1.54) is 32.7 Å². The highest BCUT2D eigenvalue weighted by Gasteiger charge is 2.18. The number of ether oxygens (including phenoxy) is 4. The number of methoxy groups -OCH3 is 3. The van der Waals surface area contributed by atoms with E-state index in [1.807, 2.05) is 19.9 Å². The minimum atomic E-state index is -0.497. The lowest BCUT2D eigenvalue weighted by Gasteiger charge is -2.12. The molecule has 32 heavy (non-hydrogen) atoms. The summed E-state index contributed by atoms with van der Waals surface area (Å²) in [7, 11) is 4.45. The molecule has 0 unspecified atom stereocenters. The van der Waals surface area contributed by atoms with Crippen molar-refractivity contribution in [1.29, 1.82) is 0 Å². The molecule has 0 aliphatic carbocycles. The van der Waals surface area contributed by atoms with Crippen LogP contribution in [-0.4, -0.2) is 44.4 Å². The van der Waals surface area contributed by atoms with Gasteiger partial charge in [-0.2, -0.15) is 4.99 Å². The van der Waals surface area contributed by atoms with E-state index in [2.05, 4.69) is 11.1 Å². The normalized spacial score (nSPS) is 11.5. The third-order valence-electron chi connectivity index (χ3n) is 4.82. The minimum absolute atomic E-state index is 0.0436. The second-order valence-corrected chi connectivity index (χ2v) is 8.01. The number of fused-ring (bicyclic) bond motifs is 1. The van der Waals surface area contributed by atoms with Crippen molar-refractivity contribution in [2.75, 3.05) is 27.9 Å². The van der Waals surface area contributed by atoms with Crippen LogP contribution >= 0.6 is 11.3 Å². The smallest absolute Gasteiger partial charge is 0.326 e. The third-order valence-corrected chi connectivity index (χ3v) is 6.05. The maximum absolute atomic E-state index is 13.1. The highest BCUT2D eigenvalue weighted by Crippen LogP contribution is 2.38. The van der Waals surface area contributed by atoms with Gasteiger partial charge in [-0.25, -0.2) is 0 Å². The summed E-state index contributed by atoms with van der Waals surface area (Å²) in [6, 6.07) is 7.12. The number of amides is 1. The van der Waals surface area contributed by atoms with Gasteiger partial charge in [-0.15, -0.1) is 0 Å². The standard InChI is InChI=1S/C23H26N2O6S/c1-7-31-19(26)12-25-16-9-13(2)8-14(3)21(16)32-23(25)24-22(27)15-10-17(28-4)20(30-6)18(11-15)29-5/h8-11H,7,12H2,1-6H3. The van der Waals surface area contributed by atoms with E-state index in [4.69, 9.17) is 18.9 Å². The second kappa shape index (κ2) is 9.86. The van der Waals surface area contributed by atoms with Gasteiger partial charge in [0.2, 0.25) is 5.75 Å². The number of hydrogen-bond acceptors (Lipinski definition) is 7. The highest BCUT2D eigenvalue weighted by atomic mass is 32.1. The van der Waals surface area contributed by atoms with Crippen LogP contribution in [0.3, 0.4) is 0 Å². The molecule has 0 radical (unpaired) electrons. The molecule has 0 spiro atoms. The lowest BCUT2D eigenvalue weighted by molar-refractivity contribution is -0.143. The Kier molecular flexibility index (Phi) is 7.19. The molecular weight excluding hydrogens is 432 g/mol. The van der Waals surface area contributed by atoms with Gasteiger partial charge < -0.3 is 23.5 Å². The molecule has 0 bridgehead atoms. The quantitative estimate of drug-likeness (QED) is 0.502. The maximum Gasteiger partial charge on any atom is 0.326 e. The van der Waals surface area contributed by atoms with Crippen molar-refractivity contribution >= 4 is 33.4 Å².